The fraction of sp³-hybridized carbons (Fsp3) is 0.545. The Balaban J connectivity index is 2.23. The summed E-state index contributed by atoms with van der Waals surface area (Å²) in [6.45, 7) is 1.72. The molecule has 0 atom stereocenters. The molecule has 0 saturated heterocycles. The fourth-order valence-electron chi connectivity index (χ4n) is 1.28. The summed E-state index contributed by atoms with van der Waals surface area (Å²) in [6.07, 6.45) is 2.05. The lowest BCUT2D eigenvalue weighted by Crippen LogP contribution is -2.26. The van der Waals surface area contributed by atoms with Crippen LogP contribution >= 0.6 is 22.6 Å². The van der Waals surface area contributed by atoms with Crippen molar-refractivity contribution >= 4 is 28.5 Å². The second-order valence-electron chi connectivity index (χ2n) is 4.01. The number of carbonyl (C=O) groups excluding carboxylic acids is 1. The van der Waals surface area contributed by atoms with Crippen LogP contribution in [0, 0.1) is 3.70 Å². The van der Waals surface area contributed by atoms with E-state index < -0.39 is 0 Å². The van der Waals surface area contributed by atoms with Gasteiger partial charge in [0.15, 0.2) is 5.69 Å². The van der Waals surface area contributed by atoms with E-state index in [4.69, 9.17) is 0 Å². The predicted molar refractivity (Wildman–Crippen MR) is 74.9 cm³/mol. The SMILES string of the molecule is CN(C)CCCCNC(=O)c1ccc([131I])nn1. The van der Waals surface area contributed by atoms with Gasteiger partial charge in [0.1, 0.15) is 3.70 Å². The standard InChI is InChI=1S/C11H17IN4O/c1-16(2)8-4-3-7-13-11(17)9-5-6-10(12)15-14-9/h5-6H,3-4,7-8H2,1-2H3,(H,13,17)/i12+4. The van der Waals surface area contributed by atoms with Crippen LogP contribution in [0.15, 0.2) is 12.1 Å². The minimum Gasteiger partial charge on any atom is -0.351 e. The molecule has 1 rings (SSSR count). The van der Waals surface area contributed by atoms with Crippen molar-refractivity contribution in [1.29, 1.82) is 0 Å². The van der Waals surface area contributed by atoms with E-state index in [-0.39, 0.29) is 5.91 Å². The van der Waals surface area contributed by atoms with Crippen LogP contribution in [0.1, 0.15) is 23.3 Å². The van der Waals surface area contributed by atoms with Crippen LogP contribution in [0.2, 0.25) is 0 Å². The van der Waals surface area contributed by atoms with E-state index in [1.54, 1.807) is 12.1 Å². The van der Waals surface area contributed by atoms with Crippen molar-refractivity contribution in [3.63, 3.8) is 0 Å². The quantitative estimate of drug-likeness (QED) is 0.617. The lowest BCUT2D eigenvalue weighted by Gasteiger charge is -2.09. The first-order valence-corrected chi connectivity index (χ1v) is 6.59. The molecule has 1 aromatic heterocycles. The monoisotopic (exact) mass is 352 g/mol. The molecule has 0 unspecified atom stereocenters. The maximum Gasteiger partial charge on any atom is 0.271 e. The summed E-state index contributed by atoms with van der Waals surface area (Å²) < 4.78 is 0.783. The van der Waals surface area contributed by atoms with E-state index in [0.717, 1.165) is 23.1 Å². The molecule has 1 amide bonds. The Bertz CT molecular complexity index is 353. The molecule has 0 aliphatic heterocycles. The molecule has 0 saturated carbocycles. The molecule has 0 spiro atoms. The summed E-state index contributed by atoms with van der Waals surface area (Å²) in [5, 5.41) is 10.5. The summed E-state index contributed by atoms with van der Waals surface area (Å²) in [4.78, 5) is 13.8. The average molecular weight is 352 g/mol. The van der Waals surface area contributed by atoms with Gasteiger partial charge in [-0.1, -0.05) is 0 Å². The third-order valence-corrected chi connectivity index (χ3v) is 2.76. The molecule has 6 heteroatoms. The van der Waals surface area contributed by atoms with Crippen LogP contribution in [0.5, 0.6) is 0 Å². The van der Waals surface area contributed by atoms with Gasteiger partial charge in [-0.25, -0.2) is 0 Å². The molecule has 0 aliphatic rings. The molecular formula is C11H17IN4O. The molecule has 1 aromatic rings. The van der Waals surface area contributed by atoms with E-state index in [0.29, 0.717) is 12.2 Å². The maximum absolute atomic E-state index is 11.6. The van der Waals surface area contributed by atoms with E-state index in [2.05, 4.69) is 43.0 Å². The van der Waals surface area contributed by atoms with Crippen LogP contribution in [-0.2, 0) is 0 Å². The smallest absolute Gasteiger partial charge is 0.271 e. The first-order valence-electron chi connectivity index (χ1n) is 5.52. The molecule has 0 aromatic carbocycles. The summed E-state index contributed by atoms with van der Waals surface area (Å²) in [6, 6.07) is 3.46. The number of hydrogen-bond donors (Lipinski definition) is 1. The van der Waals surface area contributed by atoms with Crippen molar-refractivity contribution in [3.8, 4) is 0 Å². The average Bonchev–Trinajstić information content (AvgIpc) is 2.29. The van der Waals surface area contributed by atoms with Gasteiger partial charge in [0, 0.05) is 6.54 Å². The Morgan fingerprint density at radius 3 is 2.71 bits per heavy atom. The highest BCUT2D eigenvalue weighted by Crippen LogP contribution is 1.99. The van der Waals surface area contributed by atoms with Crippen LogP contribution in [0.4, 0.5) is 0 Å². The number of nitrogens with zero attached hydrogens (tertiary/aromatic N) is 3. The molecule has 94 valence electrons. The summed E-state index contributed by atoms with van der Waals surface area (Å²) >= 11 is 2.06. The van der Waals surface area contributed by atoms with Crippen LogP contribution in [0.3, 0.4) is 0 Å². The van der Waals surface area contributed by atoms with Gasteiger partial charge < -0.3 is 10.2 Å². The number of nitrogens with one attached hydrogen (secondary N) is 1. The first-order chi connectivity index (χ1) is 8.09. The number of amides is 1. The molecule has 1 N–H and O–H groups in total. The lowest BCUT2D eigenvalue weighted by molar-refractivity contribution is 0.0946. The van der Waals surface area contributed by atoms with Crippen molar-refractivity contribution < 1.29 is 4.79 Å². The number of rotatable bonds is 6. The van der Waals surface area contributed by atoms with Crippen molar-refractivity contribution in [2.24, 2.45) is 0 Å². The van der Waals surface area contributed by atoms with E-state index in [1.165, 1.54) is 0 Å². The zero-order chi connectivity index (χ0) is 12.7. The molecule has 0 bridgehead atoms. The highest BCUT2D eigenvalue weighted by Gasteiger charge is 2.06. The Kier molecular flexibility index (Phi) is 6.35. The van der Waals surface area contributed by atoms with Crippen LogP contribution < -0.4 is 5.32 Å². The maximum atomic E-state index is 11.6. The van der Waals surface area contributed by atoms with Crippen LogP contribution in [0.25, 0.3) is 0 Å². The number of unbranched alkanes of at least 4 members (excludes halogenated alkanes) is 1. The summed E-state index contributed by atoms with van der Waals surface area (Å²) in [7, 11) is 4.08. The minimum absolute atomic E-state index is 0.154. The summed E-state index contributed by atoms with van der Waals surface area (Å²) in [5.41, 5.74) is 0.373. The third-order valence-electron chi connectivity index (χ3n) is 2.18. The Morgan fingerprint density at radius 1 is 1.35 bits per heavy atom. The topological polar surface area (TPSA) is 58.1 Å². The lowest BCUT2D eigenvalue weighted by atomic mass is 10.3. The Labute approximate surface area is 115 Å². The largest absolute Gasteiger partial charge is 0.351 e. The van der Waals surface area contributed by atoms with E-state index in [9.17, 15) is 4.79 Å². The van der Waals surface area contributed by atoms with Gasteiger partial charge in [-0.3, -0.25) is 4.79 Å². The first kappa shape index (κ1) is 14.3. The number of carbonyl (C=O) groups is 1. The Morgan fingerprint density at radius 2 is 2.12 bits per heavy atom. The zero-order valence-electron chi connectivity index (χ0n) is 10.1. The molecule has 1 heterocycles. The number of halogens is 1. The van der Waals surface area contributed by atoms with Gasteiger partial charge in [0.05, 0.1) is 0 Å². The van der Waals surface area contributed by atoms with Crippen molar-refractivity contribution in [2.75, 3.05) is 27.2 Å². The Hall–Kier alpha value is -0.760. The number of aromatic nitrogens is 2. The molecule has 0 aliphatic carbocycles. The second kappa shape index (κ2) is 7.54. The van der Waals surface area contributed by atoms with Gasteiger partial charge in [-0.15, -0.1) is 10.2 Å². The van der Waals surface area contributed by atoms with Gasteiger partial charge >= 0.3 is 0 Å². The van der Waals surface area contributed by atoms with E-state index in [1.807, 2.05) is 14.1 Å². The molecular weight excluding hydrogens is 335 g/mol. The van der Waals surface area contributed by atoms with Gasteiger partial charge in [-0.05, 0) is 68.2 Å². The normalized spacial score (nSPS) is 10.6. The second-order valence-corrected chi connectivity index (χ2v) is 5.11. The third kappa shape index (κ3) is 5.92. The highest BCUT2D eigenvalue weighted by atomic mass is 131. The molecule has 0 fully saturated rings. The fourth-order valence-corrected chi connectivity index (χ4v) is 1.57. The predicted octanol–water partition coefficient (Wildman–Crippen LogP) is 1.15. The summed E-state index contributed by atoms with van der Waals surface area (Å²) in [5.74, 6) is -0.154. The van der Waals surface area contributed by atoms with Crippen molar-refractivity contribution in [3.05, 3.63) is 21.5 Å². The highest BCUT2D eigenvalue weighted by molar-refractivity contribution is 14.1. The van der Waals surface area contributed by atoms with Gasteiger partial charge in [0.2, 0.25) is 0 Å². The van der Waals surface area contributed by atoms with Crippen molar-refractivity contribution in [1.82, 2.24) is 20.4 Å². The van der Waals surface area contributed by atoms with Gasteiger partial charge in [-0.2, -0.15) is 0 Å². The number of hydrogen-bond acceptors (Lipinski definition) is 4. The van der Waals surface area contributed by atoms with Crippen LogP contribution in [-0.4, -0.2) is 48.2 Å². The van der Waals surface area contributed by atoms with Gasteiger partial charge in [0.25, 0.3) is 5.91 Å². The minimum atomic E-state index is -0.154. The zero-order valence-corrected chi connectivity index (χ0v) is 12.3. The molecule has 17 heavy (non-hydrogen) atoms. The molecule has 0 radical (unpaired) electrons. The molecule has 5 nitrogen and oxygen atoms in total. The van der Waals surface area contributed by atoms with Crippen molar-refractivity contribution in [2.45, 2.75) is 12.8 Å². The van der Waals surface area contributed by atoms with E-state index >= 15 is 0 Å².